The van der Waals surface area contributed by atoms with Crippen LogP contribution < -0.4 is 4.74 Å². The Morgan fingerprint density at radius 1 is 1.52 bits per heavy atom. The average Bonchev–Trinajstić information content (AvgIpc) is 3.16. The van der Waals surface area contributed by atoms with Crippen molar-refractivity contribution in [3.8, 4) is 5.75 Å². The van der Waals surface area contributed by atoms with E-state index in [0.717, 1.165) is 17.0 Å². The number of amides is 1. The van der Waals surface area contributed by atoms with E-state index in [1.165, 1.54) is 0 Å². The Balaban J connectivity index is 1.54. The zero-order valence-corrected chi connectivity index (χ0v) is 13.2. The number of aromatic nitrogens is 2. The highest BCUT2D eigenvalue weighted by Crippen LogP contribution is 2.24. The van der Waals surface area contributed by atoms with Crippen molar-refractivity contribution < 1.29 is 14.6 Å². The molecule has 6 heteroatoms. The number of nitrogens with one attached hydrogen (secondary N) is 1. The van der Waals surface area contributed by atoms with Crippen LogP contribution in [0.4, 0.5) is 0 Å². The largest absolute Gasteiger partial charge is 0.491 e. The molecule has 2 heterocycles. The Labute approximate surface area is 135 Å². The second-order valence-corrected chi connectivity index (χ2v) is 6.15. The number of carbonyl (C=O) groups excluding carboxylic acids is 1. The minimum atomic E-state index is -0.993. The molecule has 1 aromatic carbocycles. The number of hydrogen-bond acceptors (Lipinski definition) is 4. The molecule has 1 aromatic heterocycles. The van der Waals surface area contributed by atoms with Crippen LogP contribution in [0, 0.1) is 6.92 Å². The van der Waals surface area contributed by atoms with Gasteiger partial charge in [-0.1, -0.05) is 12.1 Å². The minimum absolute atomic E-state index is 0.0132. The molecule has 0 radical (unpaired) electrons. The standard InChI is InChI=1S/C17H21N3O3/c1-13-3-2-4-15(7-13)23-11-17(22)5-6-20(10-17)16(21)8-14-9-18-12-19-14/h2-4,7,9,12,22H,5-6,8,10-11H2,1H3,(H,18,19)/t17-/m0/s1. The highest BCUT2D eigenvalue weighted by molar-refractivity contribution is 5.78. The van der Waals surface area contributed by atoms with Gasteiger partial charge in [-0.25, -0.2) is 4.98 Å². The highest BCUT2D eigenvalue weighted by Gasteiger charge is 2.38. The van der Waals surface area contributed by atoms with Crippen molar-refractivity contribution in [1.29, 1.82) is 0 Å². The highest BCUT2D eigenvalue weighted by atomic mass is 16.5. The number of aliphatic hydroxyl groups is 1. The summed E-state index contributed by atoms with van der Waals surface area (Å²) in [5, 5.41) is 10.6. The first-order valence-electron chi connectivity index (χ1n) is 7.71. The lowest BCUT2D eigenvalue weighted by atomic mass is 10.1. The first kappa shape index (κ1) is 15.6. The second-order valence-electron chi connectivity index (χ2n) is 6.15. The van der Waals surface area contributed by atoms with Gasteiger partial charge in [-0.05, 0) is 31.0 Å². The van der Waals surface area contributed by atoms with Crippen molar-refractivity contribution in [3.63, 3.8) is 0 Å². The first-order chi connectivity index (χ1) is 11.0. The summed E-state index contributed by atoms with van der Waals surface area (Å²) in [6.07, 6.45) is 3.99. The Morgan fingerprint density at radius 2 is 2.39 bits per heavy atom. The number of aryl methyl sites for hydroxylation is 1. The van der Waals surface area contributed by atoms with Crippen LogP contribution in [0.3, 0.4) is 0 Å². The number of hydrogen-bond donors (Lipinski definition) is 2. The fraction of sp³-hybridized carbons (Fsp3) is 0.412. The number of H-pyrrole nitrogens is 1. The molecule has 0 saturated carbocycles. The van der Waals surface area contributed by atoms with Gasteiger partial charge in [0.25, 0.3) is 0 Å². The second kappa shape index (κ2) is 6.42. The van der Waals surface area contributed by atoms with Gasteiger partial charge in [0, 0.05) is 18.4 Å². The molecule has 3 rings (SSSR count). The van der Waals surface area contributed by atoms with Crippen molar-refractivity contribution in [1.82, 2.24) is 14.9 Å². The fourth-order valence-electron chi connectivity index (χ4n) is 2.77. The SMILES string of the molecule is Cc1cccc(OC[C@]2(O)CCN(C(=O)Cc3cnc[nH]3)C2)c1. The summed E-state index contributed by atoms with van der Waals surface area (Å²) in [7, 11) is 0. The van der Waals surface area contributed by atoms with Crippen LogP contribution in [-0.4, -0.2) is 51.2 Å². The van der Waals surface area contributed by atoms with E-state index in [4.69, 9.17) is 4.74 Å². The summed E-state index contributed by atoms with van der Waals surface area (Å²) in [6.45, 7) is 3.02. The van der Waals surface area contributed by atoms with E-state index in [9.17, 15) is 9.90 Å². The number of likely N-dealkylation sites (tertiary alicyclic amines) is 1. The van der Waals surface area contributed by atoms with Crippen LogP contribution in [0.2, 0.25) is 0 Å². The number of carbonyl (C=O) groups is 1. The molecular weight excluding hydrogens is 294 g/mol. The van der Waals surface area contributed by atoms with E-state index in [0.29, 0.717) is 19.5 Å². The van der Waals surface area contributed by atoms with Crippen LogP contribution in [0.5, 0.6) is 5.75 Å². The predicted octanol–water partition coefficient (Wildman–Crippen LogP) is 1.30. The molecule has 2 aromatic rings. The van der Waals surface area contributed by atoms with E-state index in [2.05, 4.69) is 9.97 Å². The maximum absolute atomic E-state index is 12.2. The third-order valence-electron chi connectivity index (χ3n) is 4.08. The van der Waals surface area contributed by atoms with Crippen LogP contribution >= 0.6 is 0 Å². The minimum Gasteiger partial charge on any atom is -0.491 e. The van der Waals surface area contributed by atoms with Gasteiger partial charge < -0.3 is 19.7 Å². The molecule has 1 saturated heterocycles. The normalized spacial score (nSPS) is 20.7. The molecule has 6 nitrogen and oxygen atoms in total. The quantitative estimate of drug-likeness (QED) is 0.872. The maximum Gasteiger partial charge on any atom is 0.228 e. The number of rotatable bonds is 5. The van der Waals surface area contributed by atoms with Crippen molar-refractivity contribution in [2.24, 2.45) is 0 Å². The smallest absolute Gasteiger partial charge is 0.228 e. The van der Waals surface area contributed by atoms with Gasteiger partial charge in [-0.2, -0.15) is 0 Å². The molecule has 0 unspecified atom stereocenters. The Kier molecular flexibility index (Phi) is 4.34. The zero-order valence-electron chi connectivity index (χ0n) is 13.2. The molecule has 1 aliphatic rings. The molecule has 1 amide bonds. The lowest BCUT2D eigenvalue weighted by molar-refractivity contribution is -0.130. The molecular formula is C17H21N3O3. The van der Waals surface area contributed by atoms with Gasteiger partial charge in [-0.3, -0.25) is 4.79 Å². The lowest BCUT2D eigenvalue weighted by Crippen LogP contribution is -2.41. The Morgan fingerprint density at radius 3 is 3.13 bits per heavy atom. The summed E-state index contributed by atoms with van der Waals surface area (Å²) < 4.78 is 5.70. The summed E-state index contributed by atoms with van der Waals surface area (Å²) in [5.74, 6) is 0.724. The Hall–Kier alpha value is -2.34. The topological polar surface area (TPSA) is 78.5 Å². The van der Waals surface area contributed by atoms with Crippen LogP contribution in [0.1, 0.15) is 17.7 Å². The van der Waals surface area contributed by atoms with Crippen molar-refractivity contribution >= 4 is 5.91 Å². The zero-order chi connectivity index (χ0) is 16.3. The molecule has 0 spiro atoms. The van der Waals surface area contributed by atoms with Crippen LogP contribution in [-0.2, 0) is 11.2 Å². The summed E-state index contributed by atoms with van der Waals surface area (Å²) in [6, 6.07) is 7.71. The van der Waals surface area contributed by atoms with Gasteiger partial charge in [-0.15, -0.1) is 0 Å². The van der Waals surface area contributed by atoms with Crippen LogP contribution in [0.25, 0.3) is 0 Å². The summed E-state index contributed by atoms with van der Waals surface area (Å²) >= 11 is 0. The number of benzene rings is 1. The number of imidazole rings is 1. The van der Waals surface area contributed by atoms with E-state index < -0.39 is 5.60 Å². The van der Waals surface area contributed by atoms with Crippen molar-refractivity contribution in [3.05, 3.63) is 48.0 Å². The van der Waals surface area contributed by atoms with Gasteiger partial charge >= 0.3 is 0 Å². The number of β-amino-alcohol motifs (C(OH)–C–C–N with tert-alkyl or cyclic N) is 1. The third kappa shape index (κ3) is 3.90. The van der Waals surface area contributed by atoms with E-state index in [-0.39, 0.29) is 18.9 Å². The van der Waals surface area contributed by atoms with E-state index in [1.807, 2.05) is 31.2 Å². The van der Waals surface area contributed by atoms with Gasteiger partial charge in [0.15, 0.2) is 0 Å². The molecule has 122 valence electrons. The molecule has 2 N–H and O–H groups in total. The Bertz CT molecular complexity index is 671. The third-order valence-corrected chi connectivity index (χ3v) is 4.08. The molecule has 1 atom stereocenters. The van der Waals surface area contributed by atoms with Crippen LogP contribution in [0.15, 0.2) is 36.8 Å². The lowest BCUT2D eigenvalue weighted by Gasteiger charge is -2.23. The van der Waals surface area contributed by atoms with E-state index in [1.54, 1.807) is 17.4 Å². The predicted molar refractivity (Wildman–Crippen MR) is 85.1 cm³/mol. The molecule has 1 aliphatic heterocycles. The molecule has 0 aliphatic carbocycles. The van der Waals surface area contributed by atoms with Gasteiger partial charge in [0.05, 0.1) is 19.3 Å². The number of ether oxygens (including phenoxy) is 1. The van der Waals surface area contributed by atoms with Crippen molar-refractivity contribution in [2.75, 3.05) is 19.7 Å². The number of aromatic amines is 1. The van der Waals surface area contributed by atoms with Crippen molar-refractivity contribution in [2.45, 2.75) is 25.4 Å². The summed E-state index contributed by atoms with van der Waals surface area (Å²) in [5.41, 5.74) is 0.895. The average molecular weight is 315 g/mol. The maximum atomic E-state index is 12.2. The molecule has 1 fully saturated rings. The number of nitrogens with zero attached hydrogens (tertiary/aromatic N) is 2. The monoisotopic (exact) mass is 315 g/mol. The molecule has 0 bridgehead atoms. The molecule has 23 heavy (non-hydrogen) atoms. The first-order valence-corrected chi connectivity index (χ1v) is 7.71. The summed E-state index contributed by atoms with van der Waals surface area (Å²) in [4.78, 5) is 20.7. The fourth-order valence-corrected chi connectivity index (χ4v) is 2.77. The van der Waals surface area contributed by atoms with E-state index >= 15 is 0 Å². The van der Waals surface area contributed by atoms with Gasteiger partial charge in [0.1, 0.15) is 18.0 Å². The van der Waals surface area contributed by atoms with Gasteiger partial charge in [0.2, 0.25) is 5.91 Å².